The van der Waals surface area contributed by atoms with Gasteiger partial charge in [0.15, 0.2) is 0 Å². The Morgan fingerprint density at radius 2 is 1.63 bits per heavy atom. The highest BCUT2D eigenvalue weighted by Gasteiger charge is 2.19. The summed E-state index contributed by atoms with van der Waals surface area (Å²) in [6.07, 6.45) is 3.28. The minimum atomic E-state index is -0.452. The Bertz CT molecular complexity index is 599. The van der Waals surface area contributed by atoms with Gasteiger partial charge < -0.3 is 14.5 Å². The predicted octanol–water partition coefficient (Wildman–Crippen LogP) is 2.32. The van der Waals surface area contributed by atoms with Crippen LogP contribution in [0.2, 0.25) is 0 Å². The quantitative estimate of drug-likeness (QED) is 0.449. The van der Waals surface area contributed by atoms with Crippen LogP contribution in [0.25, 0.3) is 0 Å². The molecule has 1 saturated heterocycles. The summed E-state index contributed by atoms with van der Waals surface area (Å²) in [5, 5.41) is -0.452. The van der Waals surface area contributed by atoms with Gasteiger partial charge in [0.2, 0.25) is 5.91 Å². The van der Waals surface area contributed by atoms with Gasteiger partial charge in [0.25, 0.3) is 5.24 Å². The summed E-state index contributed by atoms with van der Waals surface area (Å²) < 4.78 is 5.69. The molecule has 1 fully saturated rings. The van der Waals surface area contributed by atoms with Crippen LogP contribution >= 0.6 is 11.6 Å². The van der Waals surface area contributed by atoms with Gasteiger partial charge in [-0.1, -0.05) is 0 Å². The van der Waals surface area contributed by atoms with Crippen LogP contribution in [0.3, 0.4) is 0 Å². The van der Waals surface area contributed by atoms with Crippen LogP contribution in [0.5, 0.6) is 5.75 Å². The Hall–Kier alpha value is -1.63. The van der Waals surface area contributed by atoms with E-state index in [2.05, 4.69) is 9.80 Å². The number of benzene rings is 1. The predicted molar refractivity (Wildman–Crippen MR) is 108 cm³/mol. The Kier molecular flexibility index (Phi) is 9.04. The van der Waals surface area contributed by atoms with Crippen molar-refractivity contribution < 1.29 is 14.3 Å². The molecule has 150 valence electrons. The molecule has 27 heavy (non-hydrogen) atoms. The van der Waals surface area contributed by atoms with E-state index in [-0.39, 0.29) is 5.91 Å². The second-order valence-corrected chi connectivity index (χ2v) is 7.46. The lowest BCUT2D eigenvalue weighted by atomic mass is 10.2. The van der Waals surface area contributed by atoms with Gasteiger partial charge >= 0.3 is 0 Å². The zero-order valence-electron chi connectivity index (χ0n) is 16.3. The van der Waals surface area contributed by atoms with Crippen molar-refractivity contribution in [3.05, 3.63) is 29.8 Å². The average molecular weight is 396 g/mol. The Balaban J connectivity index is 1.51. The molecular formula is C20H30ClN3O3. The fraction of sp³-hybridized carbons (Fsp3) is 0.600. The molecule has 1 amide bonds. The van der Waals surface area contributed by atoms with Gasteiger partial charge in [0.05, 0.1) is 13.2 Å². The molecule has 0 radical (unpaired) electrons. The highest BCUT2D eigenvalue weighted by atomic mass is 35.5. The van der Waals surface area contributed by atoms with Crippen molar-refractivity contribution in [1.29, 1.82) is 0 Å². The third-order valence-corrected chi connectivity index (χ3v) is 5.01. The van der Waals surface area contributed by atoms with E-state index in [4.69, 9.17) is 16.3 Å². The molecule has 1 aliphatic rings. The van der Waals surface area contributed by atoms with E-state index in [9.17, 15) is 9.59 Å². The second kappa shape index (κ2) is 11.3. The molecule has 0 spiro atoms. The number of nitrogens with zero attached hydrogens (tertiary/aromatic N) is 3. The molecule has 1 heterocycles. The highest BCUT2D eigenvalue weighted by Crippen LogP contribution is 2.14. The number of unbranched alkanes of at least 4 members (excludes halogenated alkanes) is 2. The van der Waals surface area contributed by atoms with Crippen molar-refractivity contribution in [3.63, 3.8) is 0 Å². The average Bonchev–Trinajstić information content (AvgIpc) is 2.66. The van der Waals surface area contributed by atoms with Crippen LogP contribution in [-0.4, -0.2) is 85.8 Å². The van der Waals surface area contributed by atoms with E-state index in [1.54, 1.807) is 43.3 Å². The number of hydrogen-bond donors (Lipinski definition) is 0. The molecule has 1 aromatic carbocycles. The summed E-state index contributed by atoms with van der Waals surface area (Å²) in [5.41, 5.74) is 0.482. The van der Waals surface area contributed by atoms with Crippen molar-refractivity contribution in [1.82, 2.24) is 14.7 Å². The molecule has 1 aliphatic heterocycles. The molecule has 0 bridgehead atoms. The number of ether oxygens (including phenoxy) is 1. The van der Waals surface area contributed by atoms with E-state index in [1.807, 2.05) is 0 Å². The first kappa shape index (κ1) is 21.7. The summed E-state index contributed by atoms with van der Waals surface area (Å²) in [7, 11) is 3.61. The molecule has 0 atom stereocenters. The second-order valence-electron chi connectivity index (χ2n) is 7.11. The van der Waals surface area contributed by atoms with Gasteiger partial charge in [-0.3, -0.25) is 14.5 Å². The van der Waals surface area contributed by atoms with Crippen LogP contribution in [0, 0.1) is 0 Å². The summed E-state index contributed by atoms with van der Waals surface area (Å²) in [4.78, 5) is 29.1. The van der Waals surface area contributed by atoms with Gasteiger partial charge in [-0.15, -0.1) is 0 Å². The van der Waals surface area contributed by atoms with E-state index in [1.165, 1.54) is 0 Å². The van der Waals surface area contributed by atoms with Gasteiger partial charge in [-0.2, -0.15) is 0 Å². The Morgan fingerprint density at radius 3 is 2.22 bits per heavy atom. The number of rotatable bonds is 10. The Labute approximate surface area is 167 Å². The Morgan fingerprint density at radius 1 is 1.00 bits per heavy atom. The fourth-order valence-electron chi connectivity index (χ4n) is 2.99. The third-order valence-electron chi connectivity index (χ3n) is 4.79. The van der Waals surface area contributed by atoms with Crippen molar-refractivity contribution in [2.45, 2.75) is 19.3 Å². The molecule has 6 nitrogen and oxygen atoms in total. The first-order chi connectivity index (χ1) is 13.0. The topological polar surface area (TPSA) is 53.1 Å². The number of likely N-dealkylation sites (N-methyl/N-ethyl adjacent to an activating group) is 1. The molecule has 0 saturated carbocycles. The number of carbonyl (C=O) groups is 2. The van der Waals surface area contributed by atoms with E-state index in [0.717, 1.165) is 57.7 Å². The monoisotopic (exact) mass is 395 g/mol. The first-order valence-electron chi connectivity index (χ1n) is 9.53. The number of piperazine rings is 1. The van der Waals surface area contributed by atoms with Gasteiger partial charge in [0.1, 0.15) is 5.75 Å². The molecule has 2 rings (SSSR count). The smallest absolute Gasteiger partial charge is 0.252 e. The zero-order valence-corrected chi connectivity index (χ0v) is 17.1. The van der Waals surface area contributed by atoms with Crippen LogP contribution < -0.4 is 4.74 Å². The standard InChI is InChI=1S/C20H30ClN3O3/c1-22(2)19(25)16-24-13-11-23(12-14-24)10-4-3-5-15-27-18-8-6-17(7-9-18)20(21)26/h6-9H,3-5,10-16H2,1-2H3. The molecule has 0 aromatic heterocycles. The van der Waals surface area contributed by atoms with Crippen molar-refractivity contribution in [2.75, 3.05) is 60.0 Å². The largest absolute Gasteiger partial charge is 0.494 e. The van der Waals surface area contributed by atoms with E-state index >= 15 is 0 Å². The van der Waals surface area contributed by atoms with Gasteiger partial charge in [0, 0.05) is 45.8 Å². The number of carbonyl (C=O) groups excluding carboxylic acids is 2. The van der Waals surface area contributed by atoms with Crippen LogP contribution in [0.15, 0.2) is 24.3 Å². The van der Waals surface area contributed by atoms with Gasteiger partial charge in [-0.25, -0.2) is 0 Å². The number of halogens is 1. The number of amides is 1. The molecule has 0 aliphatic carbocycles. The summed E-state index contributed by atoms with van der Waals surface area (Å²) in [6, 6.07) is 6.90. The van der Waals surface area contributed by atoms with Gasteiger partial charge in [-0.05, 0) is 61.7 Å². The molecule has 1 aromatic rings. The lowest BCUT2D eigenvalue weighted by molar-refractivity contribution is -0.130. The van der Waals surface area contributed by atoms with Crippen molar-refractivity contribution >= 4 is 22.8 Å². The molecular weight excluding hydrogens is 366 g/mol. The summed E-state index contributed by atoms with van der Waals surface area (Å²) >= 11 is 5.42. The summed E-state index contributed by atoms with van der Waals surface area (Å²) in [5.74, 6) is 0.937. The maximum absolute atomic E-state index is 11.8. The normalized spacial score (nSPS) is 15.5. The lowest BCUT2D eigenvalue weighted by Gasteiger charge is -2.34. The lowest BCUT2D eigenvalue weighted by Crippen LogP contribution is -2.49. The SMILES string of the molecule is CN(C)C(=O)CN1CCN(CCCCCOc2ccc(C(=O)Cl)cc2)CC1. The van der Waals surface area contributed by atoms with Crippen LogP contribution in [-0.2, 0) is 4.79 Å². The van der Waals surface area contributed by atoms with Crippen molar-refractivity contribution in [3.8, 4) is 5.75 Å². The maximum Gasteiger partial charge on any atom is 0.252 e. The molecule has 0 N–H and O–H groups in total. The summed E-state index contributed by atoms with van der Waals surface area (Å²) in [6.45, 7) is 6.29. The minimum absolute atomic E-state index is 0.173. The first-order valence-corrected chi connectivity index (χ1v) is 9.91. The zero-order chi connectivity index (χ0) is 19.6. The van der Waals surface area contributed by atoms with E-state index in [0.29, 0.717) is 18.7 Å². The van der Waals surface area contributed by atoms with Crippen LogP contribution in [0.4, 0.5) is 0 Å². The third kappa shape index (κ3) is 7.87. The number of hydrogen-bond acceptors (Lipinski definition) is 5. The molecule has 0 unspecified atom stereocenters. The van der Waals surface area contributed by atoms with Crippen LogP contribution in [0.1, 0.15) is 29.6 Å². The minimum Gasteiger partial charge on any atom is -0.494 e. The van der Waals surface area contributed by atoms with Crippen molar-refractivity contribution in [2.24, 2.45) is 0 Å². The maximum atomic E-state index is 11.8. The van der Waals surface area contributed by atoms with E-state index < -0.39 is 5.24 Å². The highest BCUT2D eigenvalue weighted by molar-refractivity contribution is 6.67. The fourth-order valence-corrected chi connectivity index (χ4v) is 3.12. The molecule has 7 heteroatoms.